The van der Waals surface area contributed by atoms with Gasteiger partial charge in [0.2, 0.25) is 0 Å². The predicted molar refractivity (Wildman–Crippen MR) is 124 cm³/mol. The predicted octanol–water partition coefficient (Wildman–Crippen LogP) is 4.58. The fourth-order valence-corrected chi connectivity index (χ4v) is 4.37. The third-order valence-corrected chi connectivity index (χ3v) is 6.06. The first-order valence-electron chi connectivity index (χ1n) is 10.6. The molecule has 0 saturated carbocycles. The van der Waals surface area contributed by atoms with Gasteiger partial charge in [-0.15, -0.1) is 0 Å². The van der Waals surface area contributed by atoms with Gasteiger partial charge in [0.05, 0.1) is 18.7 Å². The smallest absolute Gasteiger partial charge is 0.319 e. The second-order valence-electron chi connectivity index (χ2n) is 7.99. The lowest BCUT2D eigenvalue weighted by molar-refractivity contribution is 0.217. The number of piperidine rings is 1. The number of nitrogens with one attached hydrogen (secondary N) is 3. The van der Waals surface area contributed by atoms with Crippen LogP contribution < -0.4 is 20.7 Å². The summed E-state index contributed by atoms with van der Waals surface area (Å²) in [6, 6.07) is 16.7. The monoisotopic (exact) mass is 454 g/mol. The molecule has 1 aliphatic rings. The molecule has 2 amide bonds. The second-order valence-corrected chi connectivity index (χ2v) is 8.43. The Bertz CT molecular complexity index is 1040. The number of aromatic nitrogens is 1. The molecule has 1 aliphatic heterocycles. The molecule has 3 atom stereocenters. The van der Waals surface area contributed by atoms with E-state index in [1.165, 1.54) is 0 Å². The Kier molecular flexibility index (Phi) is 6.97. The number of methoxy groups -OCH3 is 1. The molecule has 2 heterocycles. The van der Waals surface area contributed by atoms with Crippen LogP contribution in [0.3, 0.4) is 0 Å². The number of rotatable bonds is 6. The molecule has 1 aromatic heterocycles. The maximum absolute atomic E-state index is 12.8. The normalized spacial score (nSPS) is 19.2. The van der Waals surface area contributed by atoms with Gasteiger partial charge >= 0.3 is 6.03 Å². The Morgan fingerprint density at radius 2 is 1.97 bits per heavy atom. The molecule has 0 bridgehead atoms. The summed E-state index contributed by atoms with van der Waals surface area (Å²) in [7, 11) is 1.65. The molecule has 0 radical (unpaired) electrons. The van der Waals surface area contributed by atoms with Gasteiger partial charge in [0.1, 0.15) is 11.5 Å². The Balaban J connectivity index is 1.57. The second kappa shape index (κ2) is 10.1. The minimum atomic E-state index is -0.244. The number of aryl methyl sites for hydroxylation is 1. The first-order valence-corrected chi connectivity index (χ1v) is 11.0. The van der Waals surface area contributed by atoms with Crippen LogP contribution in [0.25, 0.3) is 0 Å². The third kappa shape index (κ3) is 5.23. The van der Waals surface area contributed by atoms with Gasteiger partial charge < -0.3 is 25.2 Å². The van der Waals surface area contributed by atoms with E-state index in [9.17, 15) is 4.79 Å². The minimum Gasteiger partial charge on any atom is -0.497 e. The van der Waals surface area contributed by atoms with Crippen LogP contribution in [0, 0.1) is 12.8 Å². The van der Waals surface area contributed by atoms with E-state index >= 15 is 0 Å². The van der Waals surface area contributed by atoms with Crippen LogP contribution >= 0.6 is 11.6 Å². The van der Waals surface area contributed by atoms with Crippen LogP contribution in [0.2, 0.25) is 5.02 Å². The van der Waals surface area contributed by atoms with E-state index in [1.54, 1.807) is 31.4 Å². The summed E-state index contributed by atoms with van der Waals surface area (Å²) < 4.78 is 11.0. The number of halogens is 1. The summed E-state index contributed by atoms with van der Waals surface area (Å²) >= 11 is 5.94. The number of hydrogen-bond acceptors (Lipinski definition) is 5. The number of carbonyl (C=O) groups is 1. The average Bonchev–Trinajstić information content (AvgIpc) is 3.23. The standard InChI is InChI=1S/C24H27ClN4O3/c1-15-13-22(32-29-15)23(16-3-9-19(31-2)10-4-16)20-14-26-12-11-21(20)28-24(30)27-18-7-5-17(25)6-8-18/h3-10,13,20-21,23,26H,11-12,14H2,1-2H3,(H2,27,28,30). The molecule has 2 aromatic carbocycles. The summed E-state index contributed by atoms with van der Waals surface area (Å²) in [5, 5.41) is 14.3. The number of hydrogen-bond donors (Lipinski definition) is 3. The molecule has 32 heavy (non-hydrogen) atoms. The quantitative estimate of drug-likeness (QED) is 0.507. The molecule has 7 nitrogen and oxygen atoms in total. The zero-order valence-electron chi connectivity index (χ0n) is 18.1. The van der Waals surface area contributed by atoms with Crippen molar-refractivity contribution >= 4 is 23.3 Å². The topological polar surface area (TPSA) is 88.4 Å². The molecule has 168 valence electrons. The highest BCUT2D eigenvalue weighted by Gasteiger charge is 2.36. The van der Waals surface area contributed by atoms with E-state index in [2.05, 4.69) is 21.1 Å². The van der Waals surface area contributed by atoms with Gasteiger partial charge in [-0.05, 0) is 61.9 Å². The number of ether oxygens (including phenoxy) is 1. The van der Waals surface area contributed by atoms with Crippen LogP contribution in [-0.2, 0) is 0 Å². The summed E-state index contributed by atoms with van der Waals surface area (Å²) in [6.45, 7) is 3.47. The fourth-order valence-electron chi connectivity index (χ4n) is 4.24. The van der Waals surface area contributed by atoms with Crippen molar-refractivity contribution in [3.63, 3.8) is 0 Å². The average molecular weight is 455 g/mol. The molecule has 0 aliphatic carbocycles. The van der Waals surface area contributed by atoms with Crippen LogP contribution in [0.15, 0.2) is 59.1 Å². The van der Waals surface area contributed by atoms with E-state index in [0.717, 1.165) is 42.3 Å². The van der Waals surface area contributed by atoms with E-state index < -0.39 is 0 Å². The molecule has 3 aromatic rings. The van der Waals surface area contributed by atoms with Gasteiger partial charge in [-0.3, -0.25) is 0 Å². The lowest BCUT2D eigenvalue weighted by atomic mass is 9.77. The number of benzene rings is 2. The molecular formula is C24H27ClN4O3. The lowest BCUT2D eigenvalue weighted by Gasteiger charge is -2.37. The zero-order chi connectivity index (χ0) is 22.5. The molecule has 4 rings (SSSR count). The van der Waals surface area contributed by atoms with Crippen molar-refractivity contribution in [2.45, 2.75) is 25.3 Å². The summed E-state index contributed by atoms with van der Waals surface area (Å²) in [5.74, 6) is 1.57. The van der Waals surface area contributed by atoms with Gasteiger partial charge in [-0.2, -0.15) is 0 Å². The highest BCUT2D eigenvalue weighted by molar-refractivity contribution is 6.30. The van der Waals surface area contributed by atoms with Crippen molar-refractivity contribution in [1.82, 2.24) is 15.8 Å². The molecule has 3 N–H and O–H groups in total. The van der Waals surface area contributed by atoms with Crippen molar-refractivity contribution in [2.24, 2.45) is 5.92 Å². The van der Waals surface area contributed by atoms with Crippen LogP contribution in [-0.4, -0.2) is 37.4 Å². The first kappa shape index (κ1) is 22.2. The number of nitrogens with zero attached hydrogens (tertiary/aromatic N) is 1. The SMILES string of the molecule is COc1ccc(C(c2cc(C)no2)C2CNCCC2NC(=O)Nc2ccc(Cl)cc2)cc1. The van der Waals surface area contributed by atoms with Gasteiger partial charge in [-0.25, -0.2) is 4.79 Å². The molecule has 1 fully saturated rings. The van der Waals surface area contributed by atoms with Crippen molar-refractivity contribution < 1.29 is 14.1 Å². The molecule has 8 heteroatoms. The molecule has 3 unspecified atom stereocenters. The van der Waals surface area contributed by atoms with Crippen LogP contribution in [0.5, 0.6) is 5.75 Å². The zero-order valence-corrected chi connectivity index (χ0v) is 18.9. The van der Waals surface area contributed by atoms with E-state index in [4.69, 9.17) is 20.9 Å². The van der Waals surface area contributed by atoms with E-state index in [1.807, 2.05) is 37.3 Å². The Labute approximate surface area is 192 Å². The maximum Gasteiger partial charge on any atom is 0.319 e. The van der Waals surface area contributed by atoms with Crippen molar-refractivity contribution in [1.29, 1.82) is 0 Å². The molecule has 0 spiro atoms. The molecule has 1 saturated heterocycles. The highest BCUT2D eigenvalue weighted by Crippen LogP contribution is 2.37. The summed E-state index contributed by atoms with van der Waals surface area (Å²) in [4.78, 5) is 12.8. The van der Waals surface area contributed by atoms with Crippen LogP contribution in [0.1, 0.15) is 29.4 Å². The Morgan fingerprint density at radius 3 is 2.62 bits per heavy atom. The minimum absolute atomic E-state index is 0.0546. The largest absolute Gasteiger partial charge is 0.497 e. The number of anilines is 1. The maximum atomic E-state index is 12.8. The summed E-state index contributed by atoms with van der Waals surface area (Å²) in [6.07, 6.45) is 0.804. The van der Waals surface area contributed by atoms with Gasteiger partial charge in [0.25, 0.3) is 0 Å². The fraction of sp³-hybridized carbons (Fsp3) is 0.333. The number of amides is 2. The Morgan fingerprint density at radius 1 is 1.22 bits per heavy atom. The van der Waals surface area contributed by atoms with Crippen molar-refractivity contribution in [3.05, 3.63) is 76.6 Å². The van der Waals surface area contributed by atoms with Crippen molar-refractivity contribution in [2.75, 3.05) is 25.5 Å². The van der Waals surface area contributed by atoms with Crippen molar-refractivity contribution in [3.8, 4) is 5.75 Å². The van der Waals surface area contributed by atoms with E-state index in [-0.39, 0.29) is 23.9 Å². The summed E-state index contributed by atoms with van der Waals surface area (Å²) in [5.41, 5.74) is 2.60. The number of carbonyl (C=O) groups excluding carboxylic acids is 1. The Hall–Kier alpha value is -3.03. The lowest BCUT2D eigenvalue weighted by Crippen LogP contribution is -2.52. The van der Waals surface area contributed by atoms with Gasteiger partial charge in [0.15, 0.2) is 0 Å². The van der Waals surface area contributed by atoms with Gasteiger partial charge in [0, 0.05) is 35.3 Å². The first-order chi connectivity index (χ1) is 15.5. The van der Waals surface area contributed by atoms with E-state index in [0.29, 0.717) is 10.7 Å². The molecular weight excluding hydrogens is 428 g/mol. The highest BCUT2D eigenvalue weighted by atomic mass is 35.5. The number of urea groups is 1. The third-order valence-electron chi connectivity index (χ3n) is 5.80. The van der Waals surface area contributed by atoms with Gasteiger partial charge in [-0.1, -0.05) is 28.9 Å². The van der Waals surface area contributed by atoms with Crippen LogP contribution in [0.4, 0.5) is 10.5 Å².